The van der Waals surface area contributed by atoms with Gasteiger partial charge in [-0.15, -0.1) is 0 Å². The molecule has 2 aromatic carbocycles. The number of benzene rings is 2. The highest BCUT2D eigenvalue weighted by Crippen LogP contribution is 2.29. The van der Waals surface area contributed by atoms with Crippen molar-refractivity contribution >= 4 is 35.1 Å². The van der Waals surface area contributed by atoms with Gasteiger partial charge in [0.1, 0.15) is 5.75 Å². The quantitative estimate of drug-likeness (QED) is 0.309. The second kappa shape index (κ2) is 14.9. The summed E-state index contributed by atoms with van der Waals surface area (Å²) in [7, 11) is 0. The number of hydrogen-bond acceptors (Lipinski definition) is 7. The molecule has 0 spiro atoms. The summed E-state index contributed by atoms with van der Waals surface area (Å²) in [5.41, 5.74) is 7.86. The van der Waals surface area contributed by atoms with E-state index in [9.17, 15) is 4.79 Å². The fourth-order valence-electron chi connectivity index (χ4n) is 3.48. The summed E-state index contributed by atoms with van der Waals surface area (Å²) in [6.45, 7) is 7.13. The normalized spacial score (nSPS) is 15.9. The maximum atomic E-state index is 12.7. The number of ether oxygens (including phenoxy) is 2. The van der Waals surface area contributed by atoms with Gasteiger partial charge >= 0.3 is 11.9 Å². The first-order valence-corrected chi connectivity index (χ1v) is 11.4. The summed E-state index contributed by atoms with van der Waals surface area (Å²) in [6.07, 6.45) is -0.0846. The lowest BCUT2D eigenvalue weighted by atomic mass is 10.1. The second-order valence-corrected chi connectivity index (χ2v) is 8.10. The number of carboxylic acids is 2. The van der Waals surface area contributed by atoms with Crippen LogP contribution in [0.25, 0.3) is 0 Å². The van der Waals surface area contributed by atoms with Crippen LogP contribution >= 0.6 is 11.6 Å². The highest BCUT2D eigenvalue weighted by Gasteiger charge is 2.26. The minimum absolute atomic E-state index is 0. The zero-order valence-corrected chi connectivity index (χ0v) is 20.8. The Morgan fingerprint density at radius 3 is 2.44 bits per heavy atom. The lowest BCUT2D eigenvalue weighted by Crippen LogP contribution is -2.48. The Bertz CT molecular complexity index is 1010. The maximum absolute atomic E-state index is 12.7. The minimum atomic E-state index is -1.82. The van der Waals surface area contributed by atoms with Gasteiger partial charge in [-0.05, 0) is 25.5 Å². The molecule has 0 aliphatic carbocycles. The summed E-state index contributed by atoms with van der Waals surface area (Å²) in [5.74, 6) is -3.48. The summed E-state index contributed by atoms with van der Waals surface area (Å²) in [5, 5.41) is 18.1. The third-order valence-electron chi connectivity index (χ3n) is 5.32. The van der Waals surface area contributed by atoms with Crippen LogP contribution in [0.3, 0.4) is 0 Å². The number of carbonyl (C=O) groups is 3. The molecule has 11 nitrogen and oxygen atoms in total. The van der Waals surface area contributed by atoms with E-state index in [1.54, 1.807) is 12.1 Å². The first-order chi connectivity index (χ1) is 16.6. The van der Waals surface area contributed by atoms with Crippen LogP contribution in [0.5, 0.6) is 5.75 Å². The molecule has 2 aromatic rings. The number of aliphatic carboxylic acids is 2. The van der Waals surface area contributed by atoms with Gasteiger partial charge in [-0.25, -0.2) is 9.59 Å². The van der Waals surface area contributed by atoms with Crippen LogP contribution in [0.2, 0.25) is 5.02 Å². The molecule has 0 bridgehead atoms. The molecule has 2 unspecified atom stereocenters. The van der Waals surface area contributed by atoms with Gasteiger partial charge in [0.15, 0.2) is 0 Å². The van der Waals surface area contributed by atoms with Gasteiger partial charge in [-0.3, -0.25) is 9.69 Å². The van der Waals surface area contributed by atoms with E-state index in [1.807, 2.05) is 13.0 Å². The third-order valence-corrected chi connectivity index (χ3v) is 5.64. The molecule has 36 heavy (non-hydrogen) atoms. The number of nitrogen functional groups attached to an aromatic ring is 1. The van der Waals surface area contributed by atoms with Crippen molar-refractivity contribution in [2.75, 3.05) is 38.6 Å². The SMILES string of the molecule is CCOc1cc(N)c(Cl)cc1C(=O)NCC1CN(C(C)c2ccccc2)CCO1.O.O=C(O)C(=O)O. The number of halogens is 1. The zero-order chi connectivity index (χ0) is 26.0. The van der Waals surface area contributed by atoms with Crippen molar-refractivity contribution in [3.63, 3.8) is 0 Å². The van der Waals surface area contributed by atoms with Gasteiger partial charge in [0, 0.05) is 31.7 Å². The Balaban J connectivity index is 0.000000827. The number of carbonyl (C=O) groups excluding carboxylic acids is 1. The number of anilines is 1. The Hall–Kier alpha value is -3.38. The smallest absolute Gasteiger partial charge is 0.414 e. The second-order valence-electron chi connectivity index (χ2n) is 7.70. The van der Waals surface area contributed by atoms with Gasteiger partial charge in [-0.2, -0.15) is 0 Å². The molecule has 1 fully saturated rings. The van der Waals surface area contributed by atoms with Crippen LogP contribution in [0.4, 0.5) is 5.69 Å². The topological polar surface area (TPSA) is 183 Å². The fraction of sp³-hybridized carbons (Fsp3) is 0.375. The van der Waals surface area contributed by atoms with E-state index in [1.165, 1.54) is 5.56 Å². The summed E-state index contributed by atoms with van der Waals surface area (Å²) >= 11 is 6.10. The van der Waals surface area contributed by atoms with Crippen LogP contribution in [0.1, 0.15) is 35.8 Å². The summed E-state index contributed by atoms with van der Waals surface area (Å²) in [4.78, 5) is 33.3. The van der Waals surface area contributed by atoms with Crippen molar-refractivity contribution in [2.45, 2.75) is 26.0 Å². The first kappa shape index (κ1) is 30.7. The molecule has 1 aliphatic heterocycles. The molecule has 198 valence electrons. The van der Waals surface area contributed by atoms with Crippen molar-refractivity contribution in [2.24, 2.45) is 0 Å². The molecule has 1 saturated heterocycles. The number of amides is 1. The predicted octanol–water partition coefficient (Wildman–Crippen LogP) is 1.84. The molecule has 1 amide bonds. The predicted molar refractivity (Wildman–Crippen MR) is 134 cm³/mol. The molecule has 1 aliphatic rings. The Morgan fingerprint density at radius 1 is 1.22 bits per heavy atom. The Kier molecular flexibility index (Phi) is 12.7. The minimum Gasteiger partial charge on any atom is -0.493 e. The van der Waals surface area contributed by atoms with Crippen LogP contribution in [0.15, 0.2) is 42.5 Å². The first-order valence-electron chi connectivity index (χ1n) is 11.0. The molecular formula is C24H32ClN3O8. The molecule has 7 N–H and O–H groups in total. The average molecular weight is 526 g/mol. The molecule has 0 aromatic heterocycles. The van der Waals surface area contributed by atoms with Gasteiger partial charge in [0.05, 0.1) is 35.6 Å². The van der Waals surface area contributed by atoms with Crippen LogP contribution < -0.4 is 15.8 Å². The maximum Gasteiger partial charge on any atom is 0.414 e. The highest BCUT2D eigenvalue weighted by atomic mass is 35.5. The number of rotatable bonds is 7. The molecule has 12 heteroatoms. The summed E-state index contributed by atoms with van der Waals surface area (Å²) in [6, 6.07) is 13.8. The fourth-order valence-corrected chi connectivity index (χ4v) is 3.65. The van der Waals surface area contributed by atoms with E-state index >= 15 is 0 Å². The van der Waals surface area contributed by atoms with Crippen LogP contribution in [0, 0.1) is 0 Å². The standard InChI is InChI=1S/C22H28ClN3O3.C2H2O4.H2O/c1-3-28-21-12-20(24)19(23)11-18(21)22(27)25-13-17-14-26(9-10-29-17)15(2)16-7-5-4-6-8-16;3-1(4)2(5)6;/h4-8,11-12,15,17H,3,9-10,13-14,24H2,1-2H3,(H,25,27);(H,3,4)(H,5,6);1H2. The molecule has 0 radical (unpaired) electrons. The lowest BCUT2D eigenvalue weighted by molar-refractivity contribution is -0.159. The zero-order valence-electron chi connectivity index (χ0n) is 20.1. The monoisotopic (exact) mass is 525 g/mol. The Labute approximate surface area is 214 Å². The Morgan fingerprint density at radius 2 is 1.86 bits per heavy atom. The molecule has 3 rings (SSSR count). The summed E-state index contributed by atoms with van der Waals surface area (Å²) < 4.78 is 11.4. The molecular weight excluding hydrogens is 494 g/mol. The van der Waals surface area contributed by atoms with Crippen molar-refractivity contribution in [3.05, 3.63) is 58.6 Å². The third kappa shape index (κ3) is 9.00. The van der Waals surface area contributed by atoms with Crippen molar-refractivity contribution in [1.29, 1.82) is 0 Å². The van der Waals surface area contributed by atoms with E-state index in [-0.39, 0.29) is 17.5 Å². The molecule has 2 atom stereocenters. The van der Waals surface area contributed by atoms with Gasteiger partial charge in [-0.1, -0.05) is 41.9 Å². The van der Waals surface area contributed by atoms with E-state index < -0.39 is 11.9 Å². The number of carboxylic acid groups (broad SMARTS) is 2. The van der Waals surface area contributed by atoms with E-state index in [0.717, 1.165) is 13.1 Å². The number of nitrogens with one attached hydrogen (secondary N) is 1. The van der Waals surface area contributed by atoms with Gasteiger partial charge in [0.25, 0.3) is 5.91 Å². The van der Waals surface area contributed by atoms with E-state index in [4.69, 9.17) is 46.6 Å². The molecule has 1 heterocycles. The van der Waals surface area contributed by atoms with Crippen LogP contribution in [-0.2, 0) is 14.3 Å². The van der Waals surface area contributed by atoms with Gasteiger partial charge < -0.3 is 36.2 Å². The van der Waals surface area contributed by atoms with Crippen molar-refractivity contribution in [3.8, 4) is 5.75 Å². The largest absolute Gasteiger partial charge is 0.493 e. The van der Waals surface area contributed by atoms with Crippen LogP contribution in [-0.4, -0.2) is 77.4 Å². The highest BCUT2D eigenvalue weighted by molar-refractivity contribution is 6.33. The number of hydrogen-bond donors (Lipinski definition) is 4. The number of nitrogens with zero attached hydrogens (tertiary/aromatic N) is 1. The van der Waals surface area contributed by atoms with E-state index in [2.05, 4.69) is 41.4 Å². The lowest BCUT2D eigenvalue weighted by Gasteiger charge is -2.37. The number of morpholine rings is 1. The van der Waals surface area contributed by atoms with E-state index in [0.29, 0.717) is 47.8 Å². The van der Waals surface area contributed by atoms with Gasteiger partial charge in [0.2, 0.25) is 0 Å². The van der Waals surface area contributed by atoms with Crippen molar-refractivity contribution in [1.82, 2.24) is 10.2 Å². The molecule has 0 saturated carbocycles. The average Bonchev–Trinajstić information content (AvgIpc) is 2.85. The number of nitrogens with two attached hydrogens (primary N) is 1. The van der Waals surface area contributed by atoms with Crippen molar-refractivity contribution < 1.29 is 39.5 Å².